The van der Waals surface area contributed by atoms with Gasteiger partial charge in [-0.2, -0.15) is 22.9 Å². The van der Waals surface area contributed by atoms with Crippen LogP contribution in [-0.4, -0.2) is 13.6 Å². The van der Waals surface area contributed by atoms with E-state index >= 15 is 0 Å². The molecular weight excluding hydrogens is 254 g/mol. The maximum Gasteiger partial charge on any atom is 0.362 e. The Labute approximate surface area is 109 Å². The van der Waals surface area contributed by atoms with Crippen LogP contribution in [0.3, 0.4) is 0 Å². The number of halogens is 2. The molecule has 0 radical (unpaired) electrons. The average Bonchev–Trinajstić information content (AvgIpc) is 2.55. The summed E-state index contributed by atoms with van der Waals surface area (Å²) in [5.74, 6) is 0.200. The standard InChI is InChI=1S/C12H15BCl2Si/c1-16(2,3)11-8-9-6-4-5-7-10(9)12(11)13(14)15/h4-8,12H,1-3H3. The Kier molecular flexibility index (Phi) is 3.26. The van der Waals surface area contributed by atoms with E-state index in [0.29, 0.717) is 0 Å². The Morgan fingerprint density at radius 1 is 1.12 bits per heavy atom. The van der Waals surface area contributed by atoms with Crippen molar-refractivity contribution in [3.05, 3.63) is 40.6 Å². The van der Waals surface area contributed by atoms with Crippen LogP contribution in [0.15, 0.2) is 29.5 Å². The van der Waals surface area contributed by atoms with Crippen molar-refractivity contribution in [1.29, 1.82) is 0 Å². The lowest BCUT2D eigenvalue weighted by Crippen LogP contribution is -2.30. The highest BCUT2D eigenvalue weighted by Crippen LogP contribution is 2.43. The highest BCUT2D eigenvalue weighted by molar-refractivity contribution is 7.34. The molecule has 4 heteroatoms. The van der Waals surface area contributed by atoms with E-state index in [2.05, 4.69) is 50.0 Å². The molecule has 0 saturated carbocycles. The van der Waals surface area contributed by atoms with Gasteiger partial charge in [0.2, 0.25) is 0 Å². The predicted octanol–water partition coefficient (Wildman–Crippen LogP) is 4.55. The van der Waals surface area contributed by atoms with Crippen LogP contribution >= 0.6 is 22.9 Å². The van der Waals surface area contributed by atoms with Crippen LogP contribution in [-0.2, 0) is 0 Å². The zero-order valence-electron chi connectivity index (χ0n) is 9.80. The summed E-state index contributed by atoms with van der Waals surface area (Å²) in [4.78, 5) is 0. The van der Waals surface area contributed by atoms with E-state index in [0.717, 1.165) is 0 Å². The van der Waals surface area contributed by atoms with Gasteiger partial charge in [-0.1, -0.05) is 55.2 Å². The van der Waals surface area contributed by atoms with Crippen molar-refractivity contribution in [3.8, 4) is 0 Å². The zero-order chi connectivity index (χ0) is 11.9. The Hall–Kier alpha value is -0.178. The van der Waals surface area contributed by atoms with E-state index in [4.69, 9.17) is 22.9 Å². The van der Waals surface area contributed by atoms with Gasteiger partial charge in [-0.25, -0.2) is 0 Å². The molecule has 0 bridgehead atoms. The van der Waals surface area contributed by atoms with Gasteiger partial charge in [0.15, 0.2) is 0 Å². The predicted molar refractivity (Wildman–Crippen MR) is 78.0 cm³/mol. The monoisotopic (exact) mass is 268 g/mol. The minimum Gasteiger partial charge on any atom is -0.170 e. The van der Waals surface area contributed by atoms with Crippen molar-refractivity contribution in [3.63, 3.8) is 0 Å². The van der Waals surface area contributed by atoms with Crippen LogP contribution in [0.1, 0.15) is 16.9 Å². The Morgan fingerprint density at radius 2 is 1.75 bits per heavy atom. The number of fused-ring (bicyclic) bond motifs is 1. The third kappa shape index (κ3) is 2.11. The molecule has 0 saturated heterocycles. The highest BCUT2D eigenvalue weighted by Gasteiger charge is 2.38. The SMILES string of the molecule is C[Si](C)(C)C1=Cc2ccccc2C1B(Cl)Cl. The number of rotatable bonds is 2. The van der Waals surface area contributed by atoms with Gasteiger partial charge in [0.05, 0.1) is 8.07 Å². The molecule has 1 aromatic carbocycles. The molecule has 0 aliphatic heterocycles. The van der Waals surface area contributed by atoms with Gasteiger partial charge in [-0.15, -0.1) is 0 Å². The number of benzene rings is 1. The minimum absolute atomic E-state index is 0.200. The van der Waals surface area contributed by atoms with Crippen LogP contribution in [0, 0.1) is 0 Å². The first-order valence-corrected chi connectivity index (χ1v) is 9.87. The quantitative estimate of drug-likeness (QED) is 0.691. The Morgan fingerprint density at radius 3 is 2.31 bits per heavy atom. The van der Waals surface area contributed by atoms with Crippen molar-refractivity contribution in [2.24, 2.45) is 0 Å². The molecule has 0 fully saturated rings. The molecule has 1 aliphatic rings. The summed E-state index contributed by atoms with van der Waals surface area (Å²) in [6, 6.07) is 8.41. The second-order valence-corrected chi connectivity index (χ2v) is 11.5. The molecule has 0 aromatic heterocycles. The molecule has 0 nitrogen and oxygen atoms in total. The van der Waals surface area contributed by atoms with Gasteiger partial charge in [0.25, 0.3) is 0 Å². The van der Waals surface area contributed by atoms with Gasteiger partial charge in [0.1, 0.15) is 0 Å². The largest absolute Gasteiger partial charge is 0.362 e. The van der Waals surface area contributed by atoms with Gasteiger partial charge >= 0.3 is 5.54 Å². The molecule has 2 rings (SSSR count). The van der Waals surface area contributed by atoms with Crippen LogP contribution in [0.25, 0.3) is 6.08 Å². The third-order valence-corrected chi connectivity index (χ3v) is 5.79. The molecule has 0 heterocycles. The van der Waals surface area contributed by atoms with Crippen LogP contribution < -0.4 is 0 Å². The van der Waals surface area contributed by atoms with E-state index in [1.165, 1.54) is 16.3 Å². The van der Waals surface area contributed by atoms with Gasteiger partial charge < -0.3 is 0 Å². The first-order chi connectivity index (χ1) is 7.41. The average molecular weight is 269 g/mol. The van der Waals surface area contributed by atoms with Crippen molar-refractivity contribution < 1.29 is 0 Å². The van der Waals surface area contributed by atoms with E-state index in [-0.39, 0.29) is 11.4 Å². The van der Waals surface area contributed by atoms with Crippen LogP contribution in [0.5, 0.6) is 0 Å². The molecule has 1 aromatic rings. The topological polar surface area (TPSA) is 0 Å². The number of allylic oxidation sites excluding steroid dienone is 1. The van der Waals surface area contributed by atoms with E-state index < -0.39 is 8.07 Å². The molecule has 1 aliphatic carbocycles. The second-order valence-electron chi connectivity index (χ2n) is 5.29. The maximum absolute atomic E-state index is 6.16. The summed E-state index contributed by atoms with van der Waals surface area (Å²) in [7, 11) is -1.36. The van der Waals surface area contributed by atoms with Crippen molar-refractivity contribution >= 4 is 42.6 Å². The summed E-state index contributed by atoms with van der Waals surface area (Å²) < 4.78 is 0. The number of hydrogen-bond donors (Lipinski definition) is 0. The Balaban J connectivity index is 2.51. The molecule has 0 N–H and O–H groups in total. The summed E-state index contributed by atoms with van der Waals surface area (Å²) >= 11 is 12.3. The smallest absolute Gasteiger partial charge is 0.170 e. The fourth-order valence-corrected chi connectivity index (χ4v) is 4.90. The lowest BCUT2D eigenvalue weighted by atomic mass is 9.80. The molecule has 0 spiro atoms. The molecular formula is C12H15BCl2Si. The van der Waals surface area contributed by atoms with Crippen LogP contribution in [0.2, 0.25) is 19.6 Å². The third-order valence-electron chi connectivity index (χ3n) is 3.10. The summed E-state index contributed by atoms with van der Waals surface area (Å²) in [5.41, 5.74) is 2.23. The van der Waals surface area contributed by atoms with E-state index in [9.17, 15) is 0 Å². The maximum atomic E-state index is 6.16. The summed E-state index contributed by atoms with van der Waals surface area (Å²) in [6.45, 7) is 7.02. The Bertz CT molecular complexity index is 435. The molecule has 0 amide bonds. The van der Waals surface area contributed by atoms with Crippen LogP contribution in [0.4, 0.5) is 0 Å². The highest BCUT2D eigenvalue weighted by atomic mass is 35.5. The second kappa shape index (κ2) is 4.25. The van der Waals surface area contributed by atoms with Gasteiger partial charge in [-0.3, -0.25) is 0 Å². The summed E-state index contributed by atoms with van der Waals surface area (Å²) in [5, 5.41) is 1.46. The molecule has 84 valence electrons. The molecule has 1 atom stereocenters. The van der Waals surface area contributed by atoms with E-state index in [1.54, 1.807) is 0 Å². The molecule has 1 unspecified atom stereocenters. The zero-order valence-corrected chi connectivity index (χ0v) is 12.3. The first-order valence-electron chi connectivity index (χ1n) is 5.50. The van der Waals surface area contributed by atoms with Crippen molar-refractivity contribution in [2.45, 2.75) is 25.5 Å². The fraction of sp³-hybridized carbons (Fsp3) is 0.333. The van der Waals surface area contributed by atoms with Gasteiger partial charge in [0, 0.05) is 5.82 Å². The summed E-state index contributed by atoms with van der Waals surface area (Å²) in [6.07, 6.45) is 2.30. The number of hydrogen-bond acceptors (Lipinski definition) is 0. The van der Waals surface area contributed by atoms with Crippen molar-refractivity contribution in [2.75, 3.05) is 0 Å². The first kappa shape index (κ1) is 12.3. The molecule has 16 heavy (non-hydrogen) atoms. The fourth-order valence-electron chi connectivity index (χ4n) is 2.30. The van der Waals surface area contributed by atoms with E-state index in [1.807, 2.05) is 0 Å². The van der Waals surface area contributed by atoms with Gasteiger partial charge in [-0.05, 0) is 11.1 Å². The lowest BCUT2D eigenvalue weighted by Gasteiger charge is -2.25. The minimum atomic E-state index is -1.36. The van der Waals surface area contributed by atoms with Crippen molar-refractivity contribution in [1.82, 2.24) is 0 Å². The lowest BCUT2D eigenvalue weighted by molar-refractivity contribution is 1.19. The normalized spacial score (nSPS) is 19.3.